The summed E-state index contributed by atoms with van der Waals surface area (Å²) < 4.78 is 0. The van der Waals surface area contributed by atoms with Crippen LogP contribution < -0.4 is 0 Å². The van der Waals surface area contributed by atoms with E-state index in [0.29, 0.717) is 0 Å². The van der Waals surface area contributed by atoms with Gasteiger partial charge < -0.3 is 5.11 Å². The van der Waals surface area contributed by atoms with Gasteiger partial charge in [0.25, 0.3) is 0 Å². The van der Waals surface area contributed by atoms with Crippen molar-refractivity contribution in [3.63, 3.8) is 0 Å². The van der Waals surface area contributed by atoms with E-state index in [1.807, 2.05) is 13.8 Å². The molecule has 0 aromatic heterocycles. The molecule has 0 atom stereocenters. The molecular weight excluding hydrogens is 201 g/mol. The summed E-state index contributed by atoms with van der Waals surface area (Å²) in [4.78, 5) is 10.5. The van der Waals surface area contributed by atoms with E-state index >= 15 is 0 Å². The molecule has 0 bridgehead atoms. The number of aliphatic carboxylic acids is 1. The van der Waals surface area contributed by atoms with Gasteiger partial charge in [0.15, 0.2) is 0 Å². The molecule has 0 aliphatic heterocycles. The van der Waals surface area contributed by atoms with E-state index in [4.69, 9.17) is 5.11 Å². The summed E-state index contributed by atoms with van der Waals surface area (Å²) in [5.74, 6) is -0.737. The fourth-order valence-electron chi connectivity index (χ4n) is 1.09. The molecule has 0 fully saturated rings. The number of rotatable bonds is 5. The van der Waals surface area contributed by atoms with Crippen molar-refractivity contribution in [2.75, 3.05) is 0 Å². The van der Waals surface area contributed by atoms with Crippen LogP contribution in [0, 0.1) is 5.92 Å². The van der Waals surface area contributed by atoms with Crippen LogP contribution in [0.5, 0.6) is 0 Å². The second-order valence-electron chi connectivity index (χ2n) is 2.61. The molecule has 0 aromatic rings. The van der Waals surface area contributed by atoms with Gasteiger partial charge in [-0.15, -0.1) is 0 Å². The van der Waals surface area contributed by atoms with Crippen LogP contribution in [0.1, 0.15) is 39.5 Å². The van der Waals surface area contributed by atoms with Crippen LogP contribution in [0.2, 0.25) is 0 Å². The van der Waals surface area contributed by atoms with Crippen LogP contribution in [-0.2, 0) is 4.79 Å². The zero-order chi connectivity index (χ0) is 7.98. The Kier molecular flexibility index (Phi) is 10.0. The van der Waals surface area contributed by atoms with E-state index in [1.165, 1.54) is 0 Å². The number of carboxylic acid groups (broad SMARTS) is 1. The second-order valence-corrected chi connectivity index (χ2v) is 2.61. The summed E-state index contributed by atoms with van der Waals surface area (Å²) in [6, 6.07) is 0. The first-order valence-electron chi connectivity index (χ1n) is 3.95. The van der Waals surface area contributed by atoms with Crippen molar-refractivity contribution in [2.24, 2.45) is 5.92 Å². The molecule has 0 saturated heterocycles. The summed E-state index contributed by atoms with van der Waals surface area (Å²) >= 11 is 0. The molecule has 0 saturated carbocycles. The SMILES string of the molecule is CCCC(CCC)C(=O)O.[GeH4]. The van der Waals surface area contributed by atoms with E-state index in [9.17, 15) is 4.79 Å². The van der Waals surface area contributed by atoms with Gasteiger partial charge in [-0.25, -0.2) is 0 Å². The van der Waals surface area contributed by atoms with E-state index in [1.54, 1.807) is 0 Å². The molecule has 0 aromatic carbocycles. The fraction of sp³-hybridized carbons (Fsp3) is 0.875. The van der Waals surface area contributed by atoms with Crippen molar-refractivity contribution >= 4 is 23.6 Å². The zero-order valence-electron chi connectivity index (χ0n) is 6.76. The molecule has 0 unspecified atom stereocenters. The van der Waals surface area contributed by atoms with Crippen LogP contribution in [0.15, 0.2) is 0 Å². The first-order chi connectivity index (χ1) is 4.72. The molecular formula is C8H20GeO2. The summed E-state index contributed by atoms with van der Waals surface area (Å²) in [5.41, 5.74) is 0. The first kappa shape index (κ1) is 13.6. The van der Waals surface area contributed by atoms with Gasteiger partial charge in [-0.05, 0) is 12.8 Å². The zero-order valence-corrected chi connectivity index (χ0v) is 6.76. The van der Waals surface area contributed by atoms with Crippen molar-refractivity contribution < 1.29 is 9.90 Å². The minimum absolute atomic E-state index is 0. The first-order valence-corrected chi connectivity index (χ1v) is 3.95. The quantitative estimate of drug-likeness (QED) is 0.698. The third-order valence-electron chi connectivity index (χ3n) is 1.62. The molecule has 0 radical (unpaired) electrons. The Hall–Kier alpha value is 0.0129. The molecule has 3 heteroatoms. The molecule has 0 amide bonds. The van der Waals surface area contributed by atoms with E-state index in [-0.39, 0.29) is 23.5 Å². The normalized spacial score (nSPS) is 9.36. The van der Waals surface area contributed by atoms with Crippen molar-refractivity contribution in [3.05, 3.63) is 0 Å². The standard InChI is InChI=1S/C8H16O2.GeH4/c1-3-5-7(6-4-2)8(9)10;/h7H,3-6H2,1-2H3,(H,9,10);1H4. The molecule has 0 heterocycles. The van der Waals surface area contributed by atoms with E-state index < -0.39 is 5.97 Å². The summed E-state index contributed by atoms with van der Waals surface area (Å²) in [7, 11) is 0. The van der Waals surface area contributed by atoms with Gasteiger partial charge in [0, 0.05) is 0 Å². The summed E-state index contributed by atoms with van der Waals surface area (Å²) in [5, 5.41) is 8.64. The molecule has 0 spiro atoms. The van der Waals surface area contributed by atoms with Gasteiger partial charge in [-0.2, -0.15) is 0 Å². The average molecular weight is 221 g/mol. The molecule has 11 heavy (non-hydrogen) atoms. The van der Waals surface area contributed by atoms with Gasteiger partial charge in [0.05, 0.1) is 5.92 Å². The molecule has 1 N–H and O–H groups in total. The van der Waals surface area contributed by atoms with Crippen LogP contribution >= 0.6 is 0 Å². The Morgan fingerprint density at radius 1 is 1.27 bits per heavy atom. The van der Waals surface area contributed by atoms with Crippen LogP contribution in [0.3, 0.4) is 0 Å². The monoisotopic (exact) mass is 222 g/mol. The van der Waals surface area contributed by atoms with E-state index in [2.05, 4.69) is 0 Å². The molecule has 0 aliphatic rings. The molecule has 2 nitrogen and oxygen atoms in total. The topological polar surface area (TPSA) is 37.3 Å². The van der Waals surface area contributed by atoms with Crippen LogP contribution in [-0.4, -0.2) is 28.7 Å². The summed E-state index contributed by atoms with van der Waals surface area (Å²) in [6.45, 7) is 4.04. The summed E-state index contributed by atoms with van der Waals surface area (Å²) in [6.07, 6.45) is 3.58. The van der Waals surface area contributed by atoms with Gasteiger partial charge >= 0.3 is 23.6 Å². The van der Waals surface area contributed by atoms with Crippen molar-refractivity contribution in [1.29, 1.82) is 0 Å². The predicted octanol–water partition coefficient (Wildman–Crippen LogP) is 0.836. The number of carboxylic acids is 1. The fourth-order valence-corrected chi connectivity index (χ4v) is 1.09. The number of hydrogen-bond acceptors (Lipinski definition) is 1. The van der Waals surface area contributed by atoms with Gasteiger partial charge in [-0.1, -0.05) is 26.7 Å². The predicted molar refractivity (Wildman–Crippen MR) is 52.3 cm³/mol. The maximum atomic E-state index is 10.5. The minimum atomic E-state index is -0.635. The van der Waals surface area contributed by atoms with Crippen molar-refractivity contribution in [1.82, 2.24) is 0 Å². The molecule has 0 rings (SSSR count). The molecule has 68 valence electrons. The molecule has 0 aliphatic carbocycles. The second kappa shape index (κ2) is 8.11. The average Bonchev–Trinajstić information content (AvgIpc) is 1.87. The maximum absolute atomic E-state index is 10.5. The third-order valence-corrected chi connectivity index (χ3v) is 1.62. The number of carbonyl (C=O) groups is 1. The Morgan fingerprint density at radius 2 is 1.64 bits per heavy atom. The third kappa shape index (κ3) is 6.41. The van der Waals surface area contributed by atoms with Crippen LogP contribution in [0.25, 0.3) is 0 Å². The number of hydrogen-bond donors (Lipinski definition) is 1. The Bertz CT molecular complexity index is 98.3. The van der Waals surface area contributed by atoms with E-state index in [0.717, 1.165) is 25.7 Å². The van der Waals surface area contributed by atoms with Gasteiger partial charge in [0.2, 0.25) is 0 Å². The Morgan fingerprint density at radius 3 is 1.82 bits per heavy atom. The van der Waals surface area contributed by atoms with Crippen molar-refractivity contribution in [2.45, 2.75) is 39.5 Å². The van der Waals surface area contributed by atoms with Crippen LogP contribution in [0.4, 0.5) is 0 Å². The Labute approximate surface area is 79.3 Å². The Balaban J connectivity index is 0. The van der Waals surface area contributed by atoms with Crippen molar-refractivity contribution in [3.8, 4) is 0 Å². The van der Waals surface area contributed by atoms with Gasteiger partial charge in [0.1, 0.15) is 0 Å². The van der Waals surface area contributed by atoms with Gasteiger partial charge in [-0.3, -0.25) is 4.79 Å².